The maximum atomic E-state index is 11.9. The molecule has 6 heteroatoms. The summed E-state index contributed by atoms with van der Waals surface area (Å²) in [5.74, 6) is 0.980. The number of carbonyl (C=O) groups excluding carboxylic acids is 2. The van der Waals surface area contributed by atoms with Crippen molar-refractivity contribution < 1.29 is 18.7 Å². The van der Waals surface area contributed by atoms with Crippen LogP contribution in [0.2, 0.25) is 0 Å². The van der Waals surface area contributed by atoms with Gasteiger partial charge in [0.2, 0.25) is 5.91 Å². The van der Waals surface area contributed by atoms with Crippen LogP contribution >= 0.6 is 0 Å². The fourth-order valence-corrected chi connectivity index (χ4v) is 1.97. The molecule has 0 fully saturated rings. The molecular formula is C17H20N2O4. The van der Waals surface area contributed by atoms with Crippen molar-refractivity contribution in [2.45, 2.75) is 13.3 Å². The number of carbonyl (C=O) groups is 2. The van der Waals surface area contributed by atoms with E-state index in [-0.39, 0.29) is 18.4 Å². The molecule has 122 valence electrons. The Hall–Kier alpha value is -2.76. The molecule has 2 aromatic rings. The molecule has 2 rings (SSSR count). The van der Waals surface area contributed by atoms with Gasteiger partial charge in [-0.3, -0.25) is 9.59 Å². The Morgan fingerprint density at radius 1 is 1.13 bits per heavy atom. The van der Waals surface area contributed by atoms with Crippen molar-refractivity contribution in [3.8, 4) is 5.75 Å². The predicted octanol–water partition coefficient (Wildman–Crippen LogP) is 1.77. The first-order valence-corrected chi connectivity index (χ1v) is 7.49. The lowest BCUT2D eigenvalue weighted by atomic mass is 10.2. The number of nitrogens with one attached hydrogen (secondary N) is 2. The zero-order valence-electron chi connectivity index (χ0n) is 13.0. The average Bonchev–Trinajstić information content (AvgIpc) is 3.07. The van der Waals surface area contributed by atoms with Crippen LogP contribution in [0.4, 0.5) is 0 Å². The van der Waals surface area contributed by atoms with Crippen molar-refractivity contribution in [1.29, 1.82) is 0 Å². The molecule has 0 unspecified atom stereocenters. The Bertz CT molecular complexity index is 621. The molecule has 0 radical (unpaired) electrons. The third-order valence-corrected chi connectivity index (χ3v) is 3.11. The van der Waals surface area contributed by atoms with Gasteiger partial charge in [-0.1, -0.05) is 0 Å². The van der Waals surface area contributed by atoms with Crippen LogP contribution in [0.25, 0.3) is 0 Å². The third-order valence-electron chi connectivity index (χ3n) is 3.11. The number of benzene rings is 1. The Labute approximate surface area is 134 Å². The minimum Gasteiger partial charge on any atom is -0.494 e. The Morgan fingerprint density at radius 3 is 2.57 bits per heavy atom. The summed E-state index contributed by atoms with van der Waals surface area (Å²) in [5.41, 5.74) is 0.483. The lowest BCUT2D eigenvalue weighted by molar-refractivity contribution is -0.120. The maximum Gasteiger partial charge on any atom is 0.251 e. The van der Waals surface area contributed by atoms with Crippen LogP contribution in [0.15, 0.2) is 47.1 Å². The van der Waals surface area contributed by atoms with Gasteiger partial charge in [0.25, 0.3) is 5.91 Å². The lowest BCUT2D eigenvalue weighted by Gasteiger charge is -2.07. The molecule has 6 nitrogen and oxygen atoms in total. The van der Waals surface area contributed by atoms with Crippen molar-refractivity contribution in [2.24, 2.45) is 0 Å². The molecule has 2 N–H and O–H groups in total. The monoisotopic (exact) mass is 316 g/mol. The van der Waals surface area contributed by atoms with E-state index in [2.05, 4.69) is 10.6 Å². The molecule has 0 aliphatic rings. The summed E-state index contributed by atoms with van der Waals surface area (Å²) >= 11 is 0. The molecule has 0 atom stereocenters. The summed E-state index contributed by atoms with van der Waals surface area (Å²) < 4.78 is 10.5. The highest BCUT2D eigenvalue weighted by atomic mass is 16.5. The second kappa shape index (κ2) is 8.63. The van der Waals surface area contributed by atoms with Crippen molar-refractivity contribution in [3.63, 3.8) is 0 Å². The van der Waals surface area contributed by atoms with Crippen molar-refractivity contribution in [1.82, 2.24) is 10.6 Å². The molecule has 23 heavy (non-hydrogen) atoms. The summed E-state index contributed by atoms with van der Waals surface area (Å²) in [6, 6.07) is 10.4. The largest absolute Gasteiger partial charge is 0.494 e. The molecule has 1 heterocycles. The van der Waals surface area contributed by atoms with Crippen LogP contribution in [0.3, 0.4) is 0 Å². The van der Waals surface area contributed by atoms with Gasteiger partial charge in [-0.15, -0.1) is 0 Å². The Morgan fingerprint density at radius 2 is 1.91 bits per heavy atom. The highest BCUT2D eigenvalue weighted by molar-refractivity contribution is 5.96. The Balaban J connectivity index is 1.69. The van der Waals surface area contributed by atoms with Gasteiger partial charge < -0.3 is 19.8 Å². The zero-order chi connectivity index (χ0) is 16.5. The zero-order valence-corrected chi connectivity index (χ0v) is 13.0. The van der Waals surface area contributed by atoms with Crippen LogP contribution < -0.4 is 15.4 Å². The standard InChI is InChI=1S/C17H20N2O4/c1-2-22-15-7-5-13(6-8-15)17(21)19-12-16(20)18-10-9-14-4-3-11-23-14/h3-8,11H,2,9-10,12H2,1H3,(H,18,20)(H,19,21). The number of hydrogen-bond donors (Lipinski definition) is 2. The normalized spacial score (nSPS) is 10.1. The van der Waals surface area contributed by atoms with Gasteiger partial charge in [0.05, 0.1) is 19.4 Å². The molecule has 1 aromatic heterocycles. The maximum absolute atomic E-state index is 11.9. The van der Waals surface area contributed by atoms with Crippen LogP contribution in [-0.4, -0.2) is 31.5 Å². The first kappa shape index (κ1) is 16.6. The van der Waals surface area contributed by atoms with Gasteiger partial charge in [-0.2, -0.15) is 0 Å². The van der Waals surface area contributed by atoms with E-state index in [4.69, 9.17) is 9.15 Å². The average molecular weight is 316 g/mol. The van der Waals surface area contributed by atoms with Gasteiger partial charge in [0.1, 0.15) is 11.5 Å². The second-order valence-electron chi connectivity index (χ2n) is 4.82. The van der Waals surface area contributed by atoms with Gasteiger partial charge in [-0.25, -0.2) is 0 Å². The van der Waals surface area contributed by atoms with E-state index in [0.29, 0.717) is 30.9 Å². The van der Waals surface area contributed by atoms with Crippen molar-refractivity contribution >= 4 is 11.8 Å². The first-order chi connectivity index (χ1) is 11.2. The molecule has 0 aliphatic carbocycles. The van der Waals surface area contributed by atoms with Gasteiger partial charge >= 0.3 is 0 Å². The van der Waals surface area contributed by atoms with Crippen molar-refractivity contribution in [2.75, 3.05) is 19.7 Å². The summed E-state index contributed by atoms with van der Waals surface area (Å²) in [6.07, 6.45) is 2.21. The highest BCUT2D eigenvalue weighted by Crippen LogP contribution is 2.11. The summed E-state index contributed by atoms with van der Waals surface area (Å²) in [5, 5.41) is 5.30. The van der Waals surface area contributed by atoms with Gasteiger partial charge in [-0.05, 0) is 43.3 Å². The fourth-order valence-electron chi connectivity index (χ4n) is 1.97. The molecule has 2 amide bonds. The smallest absolute Gasteiger partial charge is 0.251 e. The number of ether oxygens (including phenoxy) is 1. The summed E-state index contributed by atoms with van der Waals surface area (Å²) in [6.45, 7) is 2.87. The van der Waals surface area contributed by atoms with E-state index >= 15 is 0 Å². The fraction of sp³-hybridized carbons (Fsp3) is 0.294. The van der Waals surface area contributed by atoms with E-state index in [9.17, 15) is 9.59 Å². The van der Waals surface area contributed by atoms with Crippen LogP contribution in [-0.2, 0) is 11.2 Å². The van der Waals surface area contributed by atoms with E-state index in [1.165, 1.54) is 0 Å². The molecule has 0 saturated heterocycles. The molecular weight excluding hydrogens is 296 g/mol. The van der Waals surface area contributed by atoms with Crippen LogP contribution in [0, 0.1) is 0 Å². The lowest BCUT2D eigenvalue weighted by Crippen LogP contribution is -2.37. The van der Waals surface area contributed by atoms with Gasteiger partial charge in [0.15, 0.2) is 0 Å². The number of amides is 2. The first-order valence-electron chi connectivity index (χ1n) is 7.49. The van der Waals surface area contributed by atoms with E-state index < -0.39 is 0 Å². The minimum absolute atomic E-state index is 0.0653. The SMILES string of the molecule is CCOc1ccc(C(=O)NCC(=O)NCCc2ccco2)cc1. The summed E-state index contributed by atoms with van der Waals surface area (Å²) in [7, 11) is 0. The van der Waals surface area contributed by atoms with Gasteiger partial charge in [0, 0.05) is 18.5 Å². The molecule has 0 bridgehead atoms. The van der Waals surface area contributed by atoms with E-state index in [1.807, 2.05) is 13.0 Å². The van der Waals surface area contributed by atoms with Crippen molar-refractivity contribution in [3.05, 3.63) is 54.0 Å². The topological polar surface area (TPSA) is 80.6 Å². The number of furan rings is 1. The minimum atomic E-state index is -0.297. The highest BCUT2D eigenvalue weighted by Gasteiger charge is 2.08. The van der Waals surface area contributed by atoms with E-state index in [0.717, 1.165) is 5.76 Å². The number of hydrogen-bond acceptors (Lipinski definition) is 4. The summed E-state index contributed by atoms with van der Waals surface area (Å²) in [4.78, 5) is 23.6. The van der Waals surface area contributed by atoms with Crippen LogP contribution in [0.1, 0.15) is 23.0 Å². The Kier molecular flexibility index (Phi) is 6.23. The number of rotatable bonds is 8. The molecule has 0 aliphatic heterocycles. The predicted molar refractivity (Wildman–Crippen MR) is 85.4 cm³/mol. The third kappa shape index (κ3) is 5.50. The molecule has 1 aromatic carbocycles. The van der Waals surface area contributed by atoms with Crippen LogP contribution in [0.5, 0.6) is 5.75 Å². The van der Waals surface area contributed by atoms with E-state index in [1.54, 1.807) is 36.6 Å². The molecule has 0 spiro atoms. The quantitative estimate of drug-likeness (QED) is 0.778. The second-order valence-corrected chi connectivity index (χ2v) is 4.82. The molecule has 0 saturated carbocycles.